The van der Waals surface area contributed by atoms with E-state index in [0.29, 0.717) is 31.1 Å². The van der Waals surface area contributed by atoms with Crippen LogP contribution in [0.4, 0.5) is 23.2 Å². The van der Waals surface area contributed by atoms with E-state index in [1.807, 2.05) is 17.0 Å². The molecule has 0 aromatic heterocycles. The Kier molecular flexibility index (Phi) is 7.72. The lowest BCUT2D eigenvalue weighted by atomic mass is 9.97. The average Bonchev–Trinajstić information content (AvgIpc) is 3.18. The van der Waals surface area contributed by atoms with Crippen LogP contribution >= 0.6 is 0 Å². The Bertz CT molecular complexity index is 1090. The van der Waals surface area contributed by atoms with Crippen molar-refractivity contribution < 1.29 is 22.4 Å². The van der Waals surface area contributed by atoms with Crippen LogP contribution in [0.2, 0.25) is 0 Å². The molecule has 0 bridgehead atoms. The third kappa shape index (κ3) is 6.44. The summed E-state index contributed by atoms with van der Waals surface area (Å²) in [4.78, 5) is 19.5. The molecule has 1 amide bonds. The lowest BCUT2D eigenvalue weighted by Gasteiger charge is -2.29. The number of benzene rings is 2. The number of fused-ring (bicyclic) bond motifs is 1. The summed E-state index contributed by atoms with van der Waals surface area (Å²) >= 11 is 0. The van der Waals surface area contributed by atoms with Crippen LogP contribution in [-0.2, 0) is 23.9 Å². The van der Waals surface area contributed by atoms with Crippen LogP contribution in [0, 0.1) is 5.82 Å². The normalized spacial score (nSPS) is 23.5. The summed E-state index contributed by atoms with van der Waals surface area (Å²) in [6.45, 7) is 4.87. The fraction of sp³-hybridized carbons (Fsp3) is 0.536. The number of likely N-dealkylation sites (tertiary alicyclic amines) is 1. The number of carbonyl (C=O) groups is 1. The average molecular weight is 519 g/mol. The first-order valence-electron chi connectivity index (χ1n) is 13.2. The molecule has 0 radical (unpaired) electrons. The molecule has 3 aliphatic rings. The maximum atomic E-state index is 13.3. The highest BCUT2D eigenvalue weighted by molar-refractivity contribution is 5.78. The minimum Gasteiger partial charge on any atom is -0.371 e. The van der Waals surface area contributed by atoms with Gasteiger partial charge in [-0.2, -0.15) is 13.2 Å². The van der Waals surface area contributed by atoms with Crippen LogP contribution < -0.4 is 10.2 Å². The van der Waals surface area contributed by atoms with Gasteiger partial charge in [-0.15, -0.1) is 0 Å². The molecule has 2 unspecified atom stereocenters. The van der Waals surface area contributed by atoms with E-state index >= 15 is 0 Å². The Morgan fingerprint density at radius 1 is 0.946 bits per heavy atom. The molecule has 5 nitrogen and oxygen atoms in total. The molecule has 0 saturated carbocycles. The smallest absolute Gasteiger partial charge is 0.371 e. The minimum absolute atomic E-state index is 0.0642. The van der Waals surface area contributed by atoms with E-state index < -0.39 is 11.7 Å². The maximum Gasteiger partial charge on any atom is 0.416 e. The van der Waals surface area contributed by atoms with Gasteiger partial charge in [-0.3, -0.25) is 14.6 Å². The number of alkyl halides is 3. The molecule has 5 rings (SSSR count). The Morgan fingerprint density at radius 2 is 1.76 bits per heavy atom. The second kappa shape index (κ2) is 11.0. The number of halogens is 4. The first kappa shape index (κ1) is 26.0. The lowest BCUT2D eigenvalue weighted by molar-refractivity contribution is -0.137. The summed E-state index contributed by atoms with van der Waals surface area (Å²) in [6.07, 6.45) is 0.397. The van der Waals surface area contributed by atoms with Crippen molar-refractivity contribution in [3.8, 4) is 0 Å². The zero-order chi connectivity index (χ0) is 26.0. The SMILES string of the molecule is O=C(CN1CCc2ccc(C(F)(F)F)cc2C1)NC1CCN(C2CCCN(c3ccc(F)cc3)CC2)C1. The number of amides is 1. The zero-order valence-electron chi connectivity index (χ0n) is 20.9. The summed E-state index contributed by atoms with van der Waals surface area (Å²) in [5, 5.41) is 3.16. The molecule has 9 heteroatoms. The fourth-order valence-electron chi connectivity index (χ4n) is 5.99. The van der Waals surface area contributed by atoms with Crippen molar-refractivity contribution >= 4 is 11.6 Å². The van der Waals surface area contributed by atoms with Crippen LogP contribution in [0.25, 0.3) is 0 Å². The number of rotatable bonds is 5. The highest BCUT2D eigenvalue weighted by Crippen LogP contribution is 2.32. The number of hydrogen-bond donors (Lipinski definition) is 1. The van der Waals surface area contributed by atoms with Crippen LogP contribution in [0.5, 0.6) is 0 Å². The molecule has 37 heavy (non-hydrogen) atoms. The molecule has 3 aliphatic heterocycles. The van der Waals surface area contributed by atoms with Gasteiger partial charge in [0, 0.05) is 57.0 Å². The molecular formula is C28H34F4N4O. The van der Waals surface area contributed by atoms with Crippen LogP contribution in [0.1, 0.15) is 42.4 Å². The second-order valence-electron chi connectivity index (χ2n) is 10.5. The summed E-state index contributed by atoms with van der Waals surface area (Å²) in [5.41, 5.74) is 2.01. The number of carbonyl (C=O) groups excluding carboxylic acids is 1. The fourth-order valence-corrected chi connectivity index (χ4v) is 5.99. The van der Waals surface area contributed by atoms with E-state index in [-0.39, 0.29) is 24.3 Å². The third-order valence-corrected chi connectivity index (χ3v) is 7.98. The van der Waals surface area contributed by atoms with Gasteiger partial charge >= 0.3 is 6.18 Å². The van der Waals surface area contributed by atoms with E-state index in [2.05, 4.69) is 15.1 Å². The Morgan fingerprint density at radius 3 is 2.54 bits per heavy atom. The molecule has 2 fully saturated rings. The molecule has 200 valence electrons. The van der Waals surface area contributed by atoms with Crippen molar-refractivity contribution in [1.29, 1.82) is 0 Å². The van der Waals surface area contributed by atoms with Crippen molar-refractivity contribution in [2.24, 2.45) is 0 Å². The number of nitrogens with zero attached hydrogens (tertiary/aromatic N) is 3. The highest BCUT2D eigenvalue weighted by Gasteiger charge is 2.33. The topological polar surface area (TPSA) is 38.8 Å². The lowest BCUT2D eigenvalue weighted by Crippen LogP contribution is -2.45. The molecule has 3 heterocycles. The van der Waals surface area contributed by atoms with E-state index in [0.717, 1.165) is 69.2 Å². The van der Waals surface area contributed by atoms with E-state index in [1.165, 1.54) is 18.2 Å². The van der Waals surface area contributed by atoms with Crippen molar-refractivity contribution in [3.63, 3.8) is 0 Å². The van der Waals surface area contributed by atoms with Crippen molar-refractivity contribution in [2.75, 3.05) is 44.2 Å². The van der Waals surface area contributed by atoms with Gasteiger partial charge in [-0.1, -0.05) is 6.07 Å². The first-order chi connectivity index (χ1) is 17.7. The van der Waals surface area contributed by atoms with E-state index in [9.17, 15) is 22.4 Å². The van der Waals surface area contributed by atoms with Crippen LogP contribution in [-0.4, -0.2) is 67.1 Å². The monoisotopic (exact) mass is 518 g/mol. The standard InChI is InChI=1S/C28H34F4N4O/c29-23-5-7-26(8-6-23)35-12-1-2-25(11-15-35)36-14-10-24(18-36)33-27(37)19-34-13-9-20-3-4-22(28(30,31)32)16-21(20)17-34/h3-8,16,24-25H,1-2,9-15,17-19H2,(H,33,37). The number of hydrogen-bond acceptors (Lipinski definition) is 4. The maximum absolute atomic E-state index is 13.3. The van der Waals surface area contributed by atoms with E-state index in [1.54, 1.807) is 6.07 Å². The van der Waals surface area contributed by atoms with Crippen molar-refractivity contribution in [3.05, 3.63) is 65.0 Å². The molecule has 2 saturated heterocycles. The molecule has 0 spiro atoms. The summed E-state index contributed by atoms with van der Waals surface area (Å²) in [7, 11) is 0. The Balaban J connectivity index is 1.09. The van der Waals surface area contributed by atoms with E-state index in [4.69, 9.17) is 0 Å². The predicted octanol–water partition coefficient (Wildman–Crippen LogP) is 4.45. The summed E-state index contributed by atoms with van der Waals surface area (Å²) < 4.78 is 52.6. The first-order valence-corrected chi connectivity index (χ1v) is 13.2. The van der Waals surface area contributed by atoms with Gasteiger partial charge in [-0.05, 0) is 79.6 Å². The molecule has 2 aromatic carbocycles. The molecule has 2 aromatic rings. The third-order valence-electron chi connectivity index (χ3n) is 7.98. The van der Waals surface area contributed by atoms with Crippen molar-refractivity contribution in [2.45, 2.75) is 56.9 Å². The zero-order valence-corrected chi connectivity index (χ0v) is 20.9. The largest absolute Gasteiger partial charge is 0.416 e. The second-order valence-corrected chi connectivity index (χ2v) is 10.5. The van der Waals surface area contributed by atoms with Gasteiger partial charge in [0.2, 0.25) is 5.91 Å². The molecule has 0 aliphatic carbocycles. The highest BCUT2D eigenvalue weighted by atomic mass is 19.4. The molecule has 2 atom stereocenters. The van der Waals surface area contributed by atoms with Gasteiger partial charge in [0.15, 0.2) is 0 Å². The van der Waals surface area contributed by atoms with Gasteiger partial charge in [-0.25, -0.2) is 4.39 Å². The van der Waals surface area contributed by atoms with Gasteiger partial charge in [0.25, 0.3) is 0 Å². The van der Waals surface area contributed by atoms with Gasteiger partial charge < -0.3 is 10.2 Å². The number of anilines is 1. The predicted molar refractivity (Wildman–Crippen MR) is 135 cm³/mol. The summed E-state index contributed by atoms with van der Waals surface area (Å²) in [5.74, 6) is -0.284. The quantitative estimate of drug-likeness (QED) is 0.594. The summed E-state index contributed by atoms with van der Waals surface area (Å²) in [6, 6.07) is 11.2. The minimum atomic E-state index is -4.36. The molecule has 1 N–H and O–H groups in total. The van der Waals surface area contributed by atoms with Crippen LogP contribution in [0.15, 0.2) is 42.5 Å². The Hall–Kier alpha value is -2.65. The van der Waals surface area contributed by atoms with Gasteiger partial charge in [0.05, 0.1) is 12.1 Å². The van der Waals surface area contributed by atoms with Gasteiger partial charge in [0.1, 0.15) is 5.82 Å². The number of nitrogens with one attached hydrogen (secondary N) is 1. The Labute approximate surface area is 215 Å². The van der Waals surface area contributed by atoms with Crippen molar-refractivity contribution in [1.82, 2.24) is 15.1 Å². The van der Waals surface area contributed by atoms with Crippen LogP contribution in [0.3, 0.4) is 0 Å². The molecular weight excluding hydrogens is 484 g/mol.